The number of benzene rings is 1. The van der Waals surface area contributed by atoms with Crippen molar-refractivity contribution in [2.75, 3.05) is 0 Å². The highest BCUT2D eigenvalue weighted by Gasteiger charge is 2.40. The number of nitrogens with zero attached hydrogens (tertiary/aromatic N) is 1. The molecule has 1 aliphatic carbocycles. The number of fused-ring (bicyclic) bond motifs is 3. The van der Waals surface area contributed by atoms with Crippen LogP contribution in [0.15, 0.2) is 24.3 Å². The molecule has 0 fully saturated rings. The van der Waals surface area contributed by atoms with E-state index < -0.39 is 0 Å². The SMILES string of the molecule is Cn1c2c(c3ccccc31)C(=O)CC2(C)C. The van der Waals surface area contributed by atoms with E-state index in [1.54, 1.807) is 0 Å². The largest absolute Gasteiger partial charge is 0.346 e. The van der Waals surface area contributed by atoms with Crippen LogP contribution in [0.25, 0.3) is 10.9 Å². The first kappa shape index (κ1) is 9.64. The number of rotatable bonds is 0. The summed E-state index contributed by atoms with van der Waals surface area (Å²) in [4.78, 5) is 12.1. The second-order valence-electron chi connectivity index (χ2n) is 5.28. The lowest BCUT2D eigenvalue weighted by Gasteiger charge is -2.19. The van der Waals surface area contributed by atoms with Crippen molar-refractivity contribution in [3.8, 4) is 0 Å². The van der Waals surface area contributed by atoms with Gasteiger partial charge in [-0.3, -0.25) is 4.79 Å². The minimum atomic E-state index is -0.0276. The highest BCUT2D eigenvalue weighted by Crippen LogP contribution is 2.42. The van der Waals surface area contributed by atoms with Gasteiger partial charge in [0.25, 0.3) is 0 Å². The van der Waals surface area contributed by atoms with Crippen LogP contribution in [0.2, 0.25) is 0 Å². The number of aromatic nitrogens is 1. The van der Waals surface area contributed by atoms with Gasteiger partial charge in [-0.25, -0.2) is 0 Å². The quantitative estimate of drug-likeness (QED) is 0.659. The molecule has 0 saturated heterocycles. The Labute approximate surface area is 94.9 Å². The topological polar surface area (TPSA) is 22.0 Å². The van der Waals surface area contributed by atoms with E-state index in [0.717, 1.165) is 16.5 Å². The second kappa shape index (κ2) is 2.76. The fraction of sp³-hybridized carbons (Fsp3) is 0.357. The summed E-state index contributed by atoms with van der Waals surface area (Å²) in [6.07, 6.45) is 0.635. The highest BCUT2D eigenvalue weighted by atomic mass is 16.1. The van der Waals surface area contributed by atoms with E-state index in [2.05, 4.69) is 31.5 Å². The van der Waals surface area contributed by atoms with Gasteiger partial charge < -0.3 is 4.57 Å². The number of aryl methyl sites for hydroxylation is 1. The number of carbonyl (C=O) groups is 1. The molecule has 0 unspecified atom stereocenters. The molecule has 82 valence electrons. The van der Waals surface area contributed by atoms with Crippen LogP contribution in [0.4, 0.5) is 0 Å². The zero-order valence-corrected chi connectivity index (χ0v) is 9.87. The molecule has 0 atom stereocenters. The van der Waals surface area contributed by atoms with Crippen molar-refractivity contribution < 1.29 is 4.79 Å². The van der Waals surface area contributed by atoms with Crippen molar-refractivity contribution >= 4 is 16.7 Å². The fourth-order valence-corrected chi connectivity index (χ4v) is 3.04. The van der Waals surface area contributed by atoms with E-state index in [1.807, 2.05) is 18.2 Å². The van der Waals surface area contributed by atoms with Crippen molar-refractivity contribution in [3.05, 3.63) is 35.5 Å². The average Bonchev–Trinajstić information content (AvgIpc) is 2.64. The molecule has 1 aromatic heterocycles. The molecule has 0 radical (unpaired) electrons. The van der Waals surface area contributed by atoms with Crippen molar-refractivity contribution in [2.45, 2.75) is 25.7 Å². The Bertz CT molecular complexity index is 604. The standard InChI is InChI=1S/C14H15NO/c1-14(2)8-11(16)12-9-6-4-5-7-10(9)15(3)13(12)14/h4-7H,8H2,1-3H3. The van der Waals surface area contributed by atoms with Gasteiger partial charge in [0.1, 0.15) is 0 Å². The van der Waals surface area contributed by atoms with Gasteiger partial charge in [0.15, 0.2) is 5.78 Å². The lowest BCUT2D eigenvalue weighted by atomic mass is 9.90. The van der Waals surface area contributed by atoms with Gasteiger partial charge >= 0.3 is 0 Å². The fourth-order valence-electron chi connectivity index (χ4n) is 3.04. The van der Waals surface area contributed by atoms with Gasteiger partial charge in [-0.2, -0.15) is 0 Å². The molecule has 0 amide bonds. The van der Waals surface area contributed by atoms with Crippen molar-refractivity contribution in [1.29, 1.82) is 0 Å². The highest BCUT2D eigenvalue weighted by molar-refractivity contribution is 6.12. The van der Waals surface area contributed by atoms with Crippen LogP contribution in [0.5, 0.6) is 0 Å². The molecule has 2 aromatic rings. The molecule has 0 saturated carbocycles. The molecule has 0 aliphatic heterocycles. The first-order chi connectivity index (χ1) is 7.52. The normalized spacial score (nSPS) is 18.1. The summed E-state index contributed by atoms with van der Waals surface area (Å²) in [5.41, 5.74) is 3.27. The lowest BCUT2D eigenvalue weighted by molar-refractivity contribution is 0.0980. The van der Waals surface area contributed by atoms with Crippen LogP contribution in [-0.2, 0) is 12.5 Å². The van der Waals surface area contributed by atoms with Crippen molar-refractivity contribution in [2.24, 2.45) is 7.05 Å². The molecule has 0 N–H and O–H groups in total. The van der Waals surface area contributed by atoms with E-state index >= 15 is 0 Å². The molecule has 2 nitrogen and oxygen atoms in total. The van der Waals surface area contributed by atoms with Gasteiger partial charge in [0.2, 0.25) is 0 Å². The van der Waals surface area contributed by atoms with Gasteiger partial charge in [-0.15, -0.1) is 0 Å². The van der Waals surface area contributed by atoms with Crippen LogP contribution in [0.1, 0.15) is 36.3 Å². The molecule has 16 heavy (non-hydrogen) atoms. The van der Waals surface area contributed by atoms with E-state index in [4.69, 9.17) is 0 Å². The summed E-state index contributed by atoms with van der Waals surface area (Å²) >= 11 is 0. The summed E-state index contributed by atoms with van der Waals surface area (Å²) in [6, 6.07) is 8.15. The molecular weight excluding hydrogens is 198 g/mol. The predicted molar refractivity (Wildman–Crippen MR) is 64.9 cm³/mol. The maximum atomic E-state index is 12.1. The van der Waals surface area contributed by atoms with Crippen LogP contribution >= 0.6 is 0 Å². The zero-order valence-electron chi connectivity index (χ0n) is 9.87. The molecule has 0 bridgehead atoms. The summed E-state index contributed by atoms with van der Waals surface area (Å²) in [5.74, 6) is 0.289. The third-order valence-electron chi connectivity index (χ3n) is 3.63. The number of carbonyl (C=O) groups excluding carboxylic acids is 1. The maximum Gasteiger partial charge on any atom is 0.166 e. The van der Waals surface area contributed by atoms with Crippen LogP contribution in [0.3, 0.4) is 0 Å². The lowest BCUT2D eigenvalue weighted by Crippen LogP contribution is -2.17. The monoisotopic (exact) mass is 213 g/mol. The Morgan fingerprint density at radius 3 is 2.69 bits per heavy atom. The first-order valence-electron chi connectivity index (χ1n) is 5.63. The molecule has 2 heteroatoms. The third-order valence-corrected chi connectivity index (χ3v) is 3.63. The zero-order chi connectivity index (χ0) is 11.5. The maximum absolute atomic E-state index is 12.1. The minimum absolute atomic E-state index is 0.0276. The molecule has 1 aliphatic rings. The number of hydrogen-bond donors (Lipinski definition) is 0. The van der Waals surface area contributed by atoms with Crippen LogP contribution in [0, 0.1) is 0 Å². The molecule has 1 heterocycles. The molecule has 0 spiro atoms. The summed E-state index contributed by atoms with van der Waals surface area (Å²) in [7, 11) is 2.06. The summed E-state index contributed by atoms with van der Waals surface area (Å²) < 4.78 is 2.18. The van der Waals surface area contributed by atoms with E-state index in [-0.39, 0.29) is 11.2 Å². The summed E-state index contributed by atoms with van der Waals surface area (Å²) in [6.45, 7) is 4.30. The van der Waals surface area contributed by atoms with E-state index in [0.29, 0.717) is 6.42 Å². The second-order valence-corrected chi connectivity index (χ2v) is 5.28. The number of Topliss-reactive ketones (excluding diaryl/α,β-unsaturated/α-hetero) is 1. The Morgan fingerprint density at radius 1 is 1.25 bits per heavy atom. The van der Waals surface area contributed by atoms with Crippen LogP contribution in [-0.4, -0.2) is 10.4 Å². The predicted octanol–water partition coefficient (Wildman–Crippen LogP) is 3.04. The number of hydrogen-bond acceptors (Lipinski definition) is 1. The molecule has 1 aromatic carbocycles. The van der Waals surface area contributed by atoms with Crippen LogP contribution < -0.4 is 0 Å². The molecule has 3 rings (SSSR count). The number of para-hydroxylation sites is 1. The third kappa shape index (κ3) is 0.993. The van der Waals surface area contributed by atoms with Gasteiger partial charge in [-0.1, -0.05) is 32.0 Å². The molecular formula is C14H15NO. The Hall–Kier alpha value is -1.57. The minimum Gasteiger partial charge on any atom is -0.346 e. The first-order valence-corrected chi connectivity index (χ1v) is 5.63. The van der Waals surface area contributed by atoms with E-state index in [9.17, 15) is 4.79 Å². The smallest absolute Gasteiger partial charge is 0.166 e. The van der Waals surface area contributed by atoms with Crippen molar-refractivity contribution in [3.63, 3.8) is 0 Å². The average molecular weight is 213 g/mol. The Balaban J connectivity index is 2.51. The van der Waals surface area contributed by atoms with Crippen molar-refractivity contribution in [1.82, 2.24) is 4.57 Å². The number of ketones is 1. The Morgan fingerprint density at radius 2 is 1.94 bits per heavy atom. The summed E-state index contributed by atoms with van der Waals surface area (Å²) in [5, 5.41) is 1.11. The van der Waals surface area contributed by atoms with Gasteiger partial charge in [0.05, 0.1) is 0 Å². The Kier molecular flexibility index (Phi) is 1.66. The van der Waals surface area contributed by atoms with Gasteiger partial charge in [-0.05, 0) is 6.07 Å². The van der Waals surface area contributed by atoms with Gasteiger partial charge in [0, 0.05) is 41.0 Å². The van der Waals surface area contributed by atoms with E-state index in [1.165, 1.54) is 5.69 Å².